The molecule has 0 unspecified atom stereocenters. The topological polar surface area (TPSA) is 87.6 Å². The highest BCUT2D eigenvalue weighted by molar-refractivity contribution is 6.32. The van der Waals surface area contributed by atoms with Crippen molar-refractivity contribution in [2.75, 3.05) is 0 Å². The Labute approximate surface area is 167 Å². The van der Waals surface area contributed by atoms with E-state index < -0.39 is 0 Å². The van der Waals surface area contributed by atoms with Crippen LogP contribution in [0.25, 0.3) is 17.0 Å². The van der Waals surface area contributed by atoms with Gasteiger partial charge in [0.25, 0.3) is 0 Å². The highest BCUT2D eigenvalue weighted by Crippen LogP contribution is 2.41. The number of H-pyrrole nitrogens is 1. The van der Waals surface area contributed by atoms with Crippen LogP contribution in [0, 0.1) is 6.92 Å². The average molecular weight is 399 g/mol. The van der Waals surface area contributed by atoms with Crippen LogP contribution in [0.5, 0.6) is 11.5 Å². The summed E-state index contributed by atoms with van der Waals surface area (Å²) < 4.78 is 11.6. The van der Waals surface area contributed by atoms with Crippen molar-refractivity contribution < 1.29 is 19.7 Å². The number of nitrogens with one attached hydrogen (secondary N) is 1. The van der Waals surface area contributed by atoms with Crippen molar-refractivity contribution in [2.24, 2.45) is 0 Å². The second kappa shape index (κ2) is 7.48. The number of hydrogen-bond acceptors (Lipinski definition) is 5. The lowest BCUT2D eigenvalue weighted by Gasteiger charge is -2.19. The van der Waals surface area contributed by atoms with Crippen LogP contribution in [0.15, 0.2) is 54.2 Å². The lowest BCUT2D eigenvalue weighted by Crippen LogP contribution is -2.03. The van der Waals surface area contributed by atoms with Crippen LogP contribution in [0.2, 0.25) is 5.02 Å². The summed E-state index contributed by atoms with van der Waals surface area (Å²) in [7, 11) is 0. The normalized spacial score (nSPS) is 16.0. The summed E-state index contributed by atoms with van der Waals surface area (Å²) in [4.78, 5) is 0. The number of hydrogen-bond donors (Lipinski definition) is 3. The van der Waals surface area contributed by atoms with Gasteiger partial charge in [0.2, 0.25) is 0 Å². The van der Waals surface area contributed by atoms with Gasteiger partial charge in [0.1, 0.15) is 35.5 Å². The fraction of sp³-hybridized carbons (Fsp3) is 0.190. The number of halogens is 1. The van der Waals surface area contributed by atoms with E-state index in [-0.39, 0.29) is 16.5 Å². The number of ether oxygens (including phenoxy) is 2. The van der Waals surface area contributed by atoms with E-state index >= 15 is 0 Å². The van der Waals surface area contributed by atoms with E-state index in [1.54, 1.807) is 6.26 Å². The third-order valence-corrected chi connectivity index (χ3v) is 4.93. The van der Waals surface area contributed by atoms with Crippen molar-refractivity contribution in [1.82, 2.24) is 10.2 Å². The quantitative estimate of drug-likeness (QED) is 0.650. The first-order valence-corrected chi connectivity index (χ1v) is 9.25. The number of phenols is 2. The van der Waals surface area contributed by atoms with E-state index in [1.807, 2.05) is 6.92 Å². The molecule has 0 amide bonds. The maximum Gasteiger partial charge on any atom is 0.173 e. The number of allylic oxidation sites excluding steroid dienone is 4. The zero-order valence-electron chi connectivity index (χ0n) is 15.2. The number of phenolic OH excluding ortho intramolecular Hbond substituents is 2. The molecule has 2 aliphatic rings. The van der Waals surface area contributed by atoms with E-state index in [1.165, 1.54) is 24.0 Å². The van der Waals surface area contributed by atoms with Gasteiger partial charge in [-0.2, -0.15) is 5.10 Å². The molecule has 1 aromatic carbocycles. The van der Waals surface area contributed by atoms with Crippen LogP contribution in [-0.4, -0.2) is 20.4 Å². The number of nitrogens with zero attached hydrogens (tertiary/aromatic N) is 1. The number of aromatic hydroxyl groups is 2. The molecule has 28 heavy (non-hydrogen) atoms. The summed E-state index contributed by atoms with van der Waals surface area (Å²) in [6.07, 6.45) is 12.0. The lowest BCUT2D eigenvalue weighted by atomic mass is 10.0. The van der Waals surface area contributed by atoms with E-state index in [0.29, 0.717) is 34.8 Å². The van der Waals surface area contributed by atoms with Gasteiger partial charge in [0, 0.05) is 23.7 Å². The molecule has 0 bridgehead atoms. The summed E-state index contributed by atoms with van der Waals surface area (Å²) in [6.45, 7) is 1.85. The average Bonchev–Trinajstić information content (AvgIpc) is 3.07. The van der Waals surface area contributed by atoms with Crippen LogP contribution in [0.3, 0.4) is 0 Å². The van der Waals surface area contributed by atoms with Gasteiger partial charge in [0.05, 0.1) is 10.6 Å². The van der Waals surface area contributed by atoms with Gasteiger partial charge < -0.3 is 19.7 Å². The summed E-state index contributed by atoms with van der Waals surface area (Å²) in [5, 5.41) is 27.3. The minimum Gasteiger partial charge on any atom is -0.507 e. The lowest BCUT2D eigenvalue weighted by molar-refractivity contribution is 0.273. The Bertz CT molecular complexity index is 1050. The predicted octanol–water partition coefficient (Wildman–Crippen LogP) is 5.30. The molecule has 4 rings (SSSR count). The molecule has 7 heteroatoms. The maximum atomic E-state index is 10.3. The Morgan fingerprint density at radius 2 is 2.07 bits per heavy atom. The van der Waals surface area contributed by atoms with E-state index in [4.69, 9.17) is 21.1 Å². The van der Waals surface area contributed by atoms with Gasteiger partial charge in [-0.1, -0.05) is 35.4 Å². The van der Waals surface area contributed by atoms with Gasteiger partial charge in [-0.05, 0) is 25.8 Å². The fourth-order valence-corrected chi connectivity index (χ4v) is 3.40. The molecule has 1 aromatic heterocycles. The smallest absolute Gasteiger partial charge is 0.173 e. The highest BCUT2D eigenvalue weighted by Gasteiger charge is 2.24. The SMILES string of the molecule is Cc1[nH]nc(-c2cc(Cl)c(O)cc2O)c1C1=COC=C(CC2=CC=CCC2)O1. The number of aryl methyl sites for hydroxylation is 1. The molecule has 3 N–H and O–H groups in total. The van der Waals surface area contributed by atoms with Gasteiger partial charge in [-0.15, -0.1) is 0 Å². The summed E-state index contributed by atoms with van der Waals surface area (Å²) >= 11 is 6.02. The Hall–Kier alpha value is -3.12. The van der Waals surface area contributed by atoms with Crippen molar-refractivity contribution in [3.8, 4) is 22.8 Å². The van der Waals surface area contributed by atoms with Gasteiger partial charge in [-0.25, -0.2) is 0 Å². The molecule has 0 atom stereocenters. The van der Waals surface area contributed by atoms with Crippen molar-refractivity contribution >= 4 is 17.4 Å². The molecular formula is C21H19ClN2O4. The van der Waals surface area contributed by atoms with E-state index in [9.17, 15) is 10.2 Å². The Morgan fingerprint density at radius 1 is 1.21 bits per heavy atom. The van der Waals surface area contributed by atoms with Crippen LogP contribution < -0.4 is 0 Å². The van der Waals surface area contributed by atoms with Crippen molar-refractivity contribution in [3.63, 3.8) is 0 Å². The number of rotatable bonds is 4. The molecule has 2 heterocycles. The van der Waals surface area contributed by atoms with Gasteiger partial charge in [-0.3, -0.25) is 5.10 Å². The number of aromatic amines is 1. The summed E-state index contributed by atoms with van der Waals surface area (Å²) in [5.74, 6) is 0.836. The molecular weight excluding hydrogens is 380 g/mol. The Balaban J connectivity index is 1.65. The zero-order valence-corrected chi connectivity index (χ0v) is 16.0. The fourth-order valence-electron chi connectivity index (χ4n) is 3.24. The molecule has 0 saturated carbocycles. The van der Waals surface area contributed by atoms with Crippen molar-refractivity contribution in [3.05, 3.63) is 70.5 Å². The van der Waals surface area contributed by atoms with Crippen molar-refractivity contribution in [2.45, 2.75) is 26.2 Å². The second-order valence-electron chi connectivity index (χ2n) is 6.67. The molecule has 6 nitrogen and oxygen atoms in total. The summed E-state index contributed by atoms with van der Waals surface area (Å²) in [5.41, 5.74) is 3.50. The van der Waals surface area contributed by atoms with Crippen molar-refractivity contribution in [1.29, 1.82) is 0 Å². The first-order chi connectivity index (χ1) is 13.5. The third-order valence-electron chi connectivity index (χ3n) is 4.63. The molecule has 1 aliphatic heterocycles. The van der Waals surface area contributed by atoms with Crippen LogP contribution in [-0.2, 0) is 9.47 Å². The van der Waals surface area contributed by atoms with Crippen LogP contribution in [0.1, 0.15) is 30.5 Å². The minimum absolute atomic E-state index is 0.118. The predicted molar refractivity (Wildman–Crippen MR) is 106 cm³/mol. The molecule has 0 fully saturated rings. The molecule has 144 valence electrons. The van der Waals surface area contributed by atoms with Gasteiger partial charge >= 0.3 is 0 Å². The first kappa shape index (κ1) is 18.3. The first-order valence-electron chi connectivity index (χ1n) is 8.87. The molecule has 1 aliphatic carbocycles. The molecule has 2 aromatic rings. The second-order valence-corrected chi connectivity index (χ2v) is 7.07. The van der Waals surface area contributed by atoms with Gasteiger partial charge in [0.15, 0.2) is 5.76 Å². The Morgan fingerprint density at radius 3 is 2.86 bits per heavy atom. The van der Waals surface area contributed by atoms with Crippen LogP contribution >= 0.6 is 11.6 Å². The zero-order chi connectivity index (χ0) is 19.7. The maximum absolute atomic E-state index is 10.3. The number of aromatic nitrogens is 2. The standard InChI is InChI=1S/C21H19ClN2O4/c1-12-20(21(24-23-12)15-8-16(22)18(26)9-17(15)25)19-11-27-10-14(28-19)7-13-5-3-2-4-6-13/h2-3,5,8-11,25-26H,4,6-7H2,1H3,(H,23,24). The molecule has 0 radical (unpaired) electrons. The highest BCUT2D eigenvalue weighted by atomic mass is 35.5. The number of benzene rings is 1. The molecule has 0 spiro atoms. The third kappa shape index (κ3) is 3.51. The van der Waals surface area contributed by atoms with E-state index in [0.717, 1.165) is 18.5 Å². The largest absolute Gasteiger partial charge is 0.507 e. The Kier molecular flexibility index (Phi) is 4.88. The minimum atomic E-state index is -0.201. The van der Waals surface area contributed by atoms with E-state index in [2.05, 4.69) is 28.4 Å². The molecule has 0 saturated heterocycles. The summed E-state index contributed by atoms with van der Waals surface area (Å²) in [6, 6.07) is 2.65. The monoisotopic (exact) mass is 398 g/mol. The van der Waals surface area contributed by atoms with Crippen LogP contribution in [0.4, 0.5) is 0 Å².